The molecule has 0 aliphatic carbocycles. The molecule has 4 rings (SSSR count). The molecule has 0 unspecified atom stereocenters. The van der Waals surface area contributed by atoms with E-state index >= 15 is 0 Å². The largest absolute Gasteiger partial charge is 0.497 e. The van der Waals surface area contributed by atoms with Gasteiger partial charge in [0.1, 0.15) is 10.1 Å². The molecule has 182 valence electrons. The maximum atomic E-state index is 12.1. The number of carbonyl (C=O) groups is 1. The van der Waals surface area contributed by atoms with Crippen LogP contribution in [0, 0.1) is 11.8 Å². The lowest BCUT2D eigenvalue weighted by atomic mass is 9.81. The van der Waals surface area contributed by atoms with Gasteiger partial charge >= 0.3 is 5.97 Å². The van der Waals surface area contributed by atoms with Crippen molar-refractivity contribution in [3.8, 4) is 5.75 Å². The summed E-state index contributed by atoms with van der Waals surface area (Å²) < 4.78 is 6.41. The number of carboxylic acid groups (broad SMARTS) is 1. The molecule has 10 heteroatoms. The molecule has 0 bridgehead atoms. The fourth-order valence-electron chi connectivity index (χ4n) is 4.69. The van der Waals surface area contributed by atoms with Gasteiger partial charge in [0.2, 0.25) is 0 Å². The van der Waals surface area contributed by atoms with E-state index in [9.17, 15) is 15.1 Å². The van der Waals surface area contributed by atoms with E-state index < -0.39 is 11.9 Å². The molecule has 3 N–H and O–H groups in total. The Labute approximate surface area is 207 Å². The molecule has 1 aliphatic heterocycles. The van der Waals surface area contributed by atoms with Gasteiger partial charge in [0, 0.05) is 42.0 Å². The van der Waals surface area contributed by atoms with E-state index in [-0.39, 0.29) is 12.0 Å². The number of aromatic nitrogens is 2. The number of hydrogen-bond donors (Lipinski definition) is 3. The minimum absolute atomic E-state index is 0.0684. The average molecular weight is 503 g/mol. The Bertz CT molecular complexity index is 1080. The van der Waals surface area contributed by atoms with Crippen LogP contribution >= 0.6 is 23.1 Å². The zero-order valence-electron chi connectivity index (χ0n) is 19.1. The van der Waals surface area contributed by atoms with Gasteiger partial charge in [0.15, 0.2) is 0 Å². The van der Waals surface area contributed by atoms with Gasteiger partial charge in [-0.2, -0.15) is 5.48 Å². The first kappa shape index (κ1) is 24.9. The van der Waals surface area contributed by atoms with Crippen molar-refractivity contribution < 1.29 is 19.8 Å². The Hall–Kier alpha value is -2.24. The number of aliphatic carboxylic acids is 1. The number of ether oxygens (including phenoxy) is 1. The maximum absolute atomic E-state index is 12.1. The number of thiazole rings is 1. The first-order valence-electron chi connectivity index (χ1n) is 11.4. The van der Waals surface area contributed by atoms with Crippen LogP contribution < -0.4 is 10.2 Å². The summed E-state index contributed by atoms with van der Waals surface area (Å²) in [6, 6.07) is 7.26. The van der Waals surface area contributed by atoms with Gasteiger partial charge in [-0.05, 0) is 61.6 Å². The van der Waals surface area contributed by atoms with Gasteiger partial charge in [0.25, 0.3) is 0 Å². The number of piperidine rings is 1. The Morgan fingerprint density at radius 2 is 2.24 bits per heavy atom. The smallest absolute Gasteiger partial charge is 0.308 e. The van der Waals surface area contributed by atoms with Gasteiger partial charge in [-0.3, -0.25) is 9.78 Å². The SMILES string of the molecule is COc1ccc2nccc([C@H](CC[C@@H]3CCN(CCSc4nccs4)C[C@@H]3C(=O)O)NO)c2c1. The number of benzene rings is 1. The van der Waals surface area contributed by atoms with Gasteiger partial charge in [-0.25, -0.2) is 4.98 Å². The van der Waals surface area contributed by atoms with Crippen LogP contribution in [-0.2, 0) is 4.79 Å². The van der Waals surface area contributed by atoms with E-state index in [4.69, 9.17) is 4.74 Å². The highest BCUT2D eigenvalue weighted by molar-refractivity contribution is 8.01. The number of methoxy groups -OCH3 is 1. The summed E-state index contributed by atoms with van der Waals surface area (Å²) in [5.41, 5.74) is 4.20. The molecule has 0 saturated carbocycles. The molecular weight excluding hydrogens is 472 g/mol. The number of thioether (sulfide) groups is 1. The van der Waals surface area contributed by atoms with Crippen LogP contribution in [0.3, 0.4) is 0 Å². The van der Waals surface area contributed by atoms with Crippen molar-refractivity contribution in [3.63, 3.8) is 0 Å². The number of rotatable bonds is 11. The number of nitrogens with one attached hydrogen (secondary N) is 1. The summed E-state index contributed by atoms with van der Waals surface area (Å²) in [7, 11) is 1.62. The fraction of sp³-hybridized carbons (Fsp3) is 0.458. The summed E-state index contributed by atoms with van der Waals surface area (Å²) in [6.07, 6.45) is 5.71. The zero-order chi connectivity index (χ0) is 23.9. The van der Waals surface area contributed by atoms with Gasteiger partial charge in [0.05, 0.1) is 24.6 Å². The standard InChI is InChI=1S/C24H30N4O4S2/c1-32-17-3-5-21-19(14-17)18(6-8-25-21)22(27-31)4-2-16-7-10-28(15-20(16)23(29)30)11-13-34-24-26-9-12-33-24/h3,5-6,8-9,12,14,16,20,22,27,31H,2,4,7,10-11,13,15H2,1H3,(H,29,30)/t16-,20+,22+/m1/s1. The maximum Gasteiger partial charge on any atom is 0.308 e. The molecule has 0 radical (unpaired) electrons. The summed E-state index contributed by atoms with van der Waals surface area (Å²) in [4.78, 5) is 23.0. The van der Waals surface area contributed by atoms with Crippen LogP contribution in [0.1, 0.15) is 30.9 Å². The van der Waals surface area contributed by atoms with Crippen molar-refractivity contribution in [2.45, 2.75) is 29.6 Å². The second-order valence-corrected chi connectivity index (χ2v) is 10.7. The molecule has 3 atom stereocenters. The minimum atomic E-state index is -0.741. The van der Waals surface area contributed by atoms with Crippen molar-refractivity contribution in [1.29, 1.82) is 0 Å². The molecule has 0 spiro atoms. The van der Waals surface area contributed by atoms with Crippen LogP contribution in [0.5, 0.6) is 5.75 Å². The van der Waals surface area contributed by atoms with Crippen LogP contribution in [-0.4, -0.2) is 63.6 Å². The normalized spacial score (nSPS) is 19.8. The topological polar surface area (TPSA) is 108 Å². The molecule has 0 amide bonds. The monoisotopic (exact) mass is 502 g/mol. The molecule has 34 heavy (non-hydrogen) atoms. The predicted molar refractivity (Wildman–Crippen MR) is 134 cm³/mol. The van der Waals surface area contributed by atoms with E-state index in [1.165, 1.54) is 0 Å². The zero-order valence-corrected chi connectivity index (χ0v) is 20.7. The molecule has 1 aromatic carbocycles. The highest BCUT2D eigenvalue weighted by Gasteiger charge is 2.34. The van der Waals surface area contributed by atoms with E-state index in [1.807, 2.05) is 29.6 Å². The fourth-order valence-corrected chi connectivity index (χ4v) is 6.40. The number of carboxylic acids is 1. The summed E-state index contributed by atoms with van der Waals surface area (Å²) >= 11 is 3.35. The van der Waals surface area contributed by atoms with Crippen LogP contribution in [0.15, 0.2) is 46.4 Å². The van der Waals surface area contributed by atoms with Crippen molar-refractivity contribution in [3.05, 3.63) is 47.6 Å². The Kier molecular flexibility index (Phi) is 8.74. The van der Waals surface area contributed by atoms with E-state index in [0.717, 1.165) is 51.8 Å². The highest BCUT2D eigenvalue weighted by atomic mass is 32.2. The summed E-state index contributed by atoms with van der Waals surface area (Å²) in [6.45, 7) is 2.30. The number of hydrogen-bond acceptors (Lipinski definition) is 9. The number of pyridine rings is 1. The molecule has 1 fully saturated rings. The number of fused-ring (bicyclic) bond motifs is 1. The van der Waals surface area contributed by atoms with Crippen molar-refractivity contribution in [2.24, 2.45) is 11.8 Å². The highest BCUT2D eigenvalue weighted by Crippen LogP contribution is 2.34. The Morgan fingerprint density at radius 1 is 1.35 bits per heavy atom. The summed E-state index contributed by atoms with van der Waals surface area (Å²) in [5, 5.41) is 22.7. The molecule has 1 saturated heterocycles. The van der Waals surface area contributed by atoms with Crippen LogP contribution in [0.2, 0.25) is 0 Å². The molecular formula is C24H30N4O4S2. The van der Waals surface area contributed by atoms with E-state index in [2.05, 4.69) is 20.3 Å². The first-order valence-corrected chi connectivity index (χ1v) is 13.2. The van der Waals surface area contributed by atoms with Crippen molar-refractivity contribution in [2.75, 3.05) is 32.5 Å². The number of likely N-dealkylation sites (tertiary alicyclic amines) is 1. The van der Waals surface area contributed by atoms with Gasteiger partial charge in [-0.1, -0.05) is 11.8 Å². The van der Waals surface area contributed by atoms with E-state index in [0.29, 0.717) is 19.4 Å². The lowest BCUT2D eigenvalue weighted by Crippen LogP contribution is -2.44. The first-order chi connectivity index (χ1) is 16.6. The van der Waals surface area contributed by atoms with E-state index in [1.54, 1.807) is 42.6 Å². The third kappa shape index (κ3) is 6.05. The second kappa shape index (κ2) is 11.9. The molecule has 8 nitrogen and oxygen atoms in total. The lowest BCUT2D eigenvalue weighted by Gasteiger charge is -2.37. The lowest BCUT2D eigenvalue weighted by molar-refractivity contribution is -0.146. The van der Waals surface area contributed by atoms with Crippen LogP contribution in [0.25, 0.3) is 10.9 Å². The van der Waals surface area contributed by atoms with Gasteiger partial charge in [-0.15, -0.1) is 11.3 Å². The third-order valence-corrected chi connectivity index (χ3v) is 8.49. The Morgan fingerprint density at radius 3 is 2.97 bits per heavy atom. The average Bonchev–Trinajstić information content (AvgIpc) is 3.38. The summed E-state index contributed by atoms with van der Waals surface area (Å²) in [5.74, 6) is 0.547. The van der Waals surface area contributed by atoms with Crippen LogP contribution in [0.4, 0.5) is 0 Å². The molecule has 3 aromatic rings. The van der Waals surface area contributed by atoms with Crippen molar-refractivity contribution >= 4 is 40.0 Å². The van der Waals surface area contributed by atoms with Crippen molar-refractivity contribution in [1.82, 2.24) is 20.3 Å². The van der Waals surface area contributed by atoms with Gasteiger partial charge < -0.3 is 20.0 Å². The number of nitrogens with zero attached hydrogens (tertiary/aromatic N) is 3. The minimum Gasteiger partial charge on any atom is -0.497 e. The quantitative estimate of drug-likeness (QED) is 0.261. The second-order valence-electron chi connectivity index (χ2n) is 8.48. The Balaban J connectivity index is 1.38. The number of hydroxylamine groups is 1. The predicted octanol–water partition coefficient (Wildman–Crippen LogP) is 4.32. The molecule has 3 heterocycles. The third-order valence-electron chi connectivity index (χ3n) is 6.54. The molecule has 1 aliphatic rings. The molecule has 2 aromatic heterocycles.